The molecule has 2 aromatic carbocycles. The predicted molar refractivity (Wildman–Crippen MR) is 115 cm³/mol. The third-order valence-corrected chi connectivity index (χ3v) is 6.78. The third kappa shape index (κ3) is 4.57. The van der Waals surface area contributed by atoms with Gasteiger partial charge in [0.25, 0.3) is 0 Å². The fourth-order valence-electron chi connectivity index (χ4n) is 3.24. The smallest absolute Gasteiger partial charge is 0.240 e. The van der Waals surface area contributed by atoms with Gasteiger partial charge >= 0.3 is 0 Å². The maximum absolute atomic E-state index is 13.1. The van der Waals surface area contributed by atoms with Crippen LogP contribution in [0.2, 0.25) is 5.02 Å². The van der Waals surface area contributed by atoms with Crippen molar-refractivity contribution in [1.82, 2.24) is 0 Å². The molecule has 0 spiro atoms. The molecule has 0 radical (unpaired) electrons. The maximum atomic E-state index is 13.1. The maximum Gasteiger partial charge on any atom is 0.240 e. The summed E-state index contributed by atoms with van der Waals surface area (Å²) < 4.78 is 31.8. The SMILES string of the molecule is COc1ccc(Cl)cc1NC(=O)CS(=O)(=O)c1cc(Br)cc2c1N(C(C)=O)CC2. The minimum Gasteiger partial charge on any atom is -0.495 e. The van der Waals surface area contributed by atoms with Gasteiger partial charge in [-0.2, -0.15) is 0 Å². The highest BCUT2D eigenvalue weighted by molar-refractivity contribution is 9.10. The van der Waals surface area contributed by atoms with E-state index >= 15 is 0 Å². The summed E-state index contributed by atoms with van der Waals surface area (Å²) in [5.41, 5.74) is 1.35. The normalized spacial score (nSPS) is 13.2. The van der Waals surface area contributed by atoms with Gasteiger partial charge in [-0.05, 0) is 42.3 Å². The Kier molecular flexibility index (Phi) is 6.21. The van der Waals surface area contributed by atoms with Crippen LogP contribution in [0.5, 0.6) is 5.75 Å². The molecule has 0 bridgehead atoms. The number of nitrogens with zero attached hydrogens (tertiary/aromatic N) is 1. The molecule has 29 heavy (non-hydrogen) atoms. The van der Waals surface area contributed by atoms with Crippen LogP contribution in [0.4, 0.5) is 11.4 Å². The molecule has 0 saturated heterocycles. The van der Waals surface area contributed by atoms with Crippen LogP contribution < -0.4 is 15.0 Å². The highest BCUT2D eigenvalue weighted by Crippen LogP contribution is 2.38. The van der Waals surface area contributed by atoms with Gasteiger partial charge in [0.1, 0.15) is 11.5 Å². The lowest BCUT2D eigenvalue weighted by atomic mass is 10.2. The number of rotatable bonds is 5. The van der Waals surface area contributed by atoms with E-state index in [4.69, 9.17) is 16.3 Å². The molecule has 0 aliphatic carbocycles. The molecule has 0 fully saturated rings. The average molecular weight is 502 g/mol. The largest absolute Gasteiger partial charge is 0.495 e. The molecular formula is C19H18BrClN2O5S. The van der Waals surface area contributed by atoms with Crippen LogP contribution >= 0.6 is 27.5 Å². The lowest BCUT2D eigenvalue weighted by Crippen LogP contribution is -2.29. The van der Waals surface area contributed by atoms with Crippen molar-refractivity contribution in [2.45, 2.75) is 18.2 Å². The molecule has 0 atom stereocenters. The van der Waals surface area contributed by atoms with Crippen molar-refractivity contribution >= 4 is 60.6 Å². The Balaban J connectivity index is 1.92. The summed E-state index contributed by atoms with van der Waals surface area (Å²) in [6, 6.07) is 7.84. The Labute approximate surface area is 182 Å². The molecule has 1 heterocycles. The highest BCUT2D eigenvalue weighted by atomic mass is 79.9. The average Bonchev–Trinajstić information content (AvgIpc) is 3.04. The molecule has 1 N–H and O–H groups in total. The van der Waals surface area contributed by atoms with E-state index in [0.717, 1.165) is 5.56 Å². The molecule has 7 nitrogen and oxygen atoms in total. The van der Waals surface area contributed by atoms with Gasteiger partial charge in [-0.3, -0.25) is 9.59 Å². The number of halogens is 2. The number of fused-ring (bicyclic) bond motifs is 1. The number of sulfone groups is 1. The van der Waals surface area contributed by atoms with Gasteiger partial charge < -0.3 is 15.0 Å². The van der Waals surface area contributed by atoms with Gasteiger partial charge in [0.2, 0.25) is 11.8 Å². The van der Waals surface area contributed by atoms with E-state index in [1.807, 2.05) is 0 Å². The summed E-state index contributed by atoms with van der Waals surface area (Å²) in [6.07, 6.45) is 0.544. The number of carbonyl (C=O) groups is 2. The van der Waals surface area contributed by atoms with Gasteiger partial charge in [-0.15, -0.1) is 0 Å². The van der Waals surface area contributed by atoms with Gasteiger partial charge in [-0.25, -0.2) is 8.42 Å². The molecule has 1 aliphatic rings. The first-order valence-electron chi connectivity index (χ1n) is 8.59. The van der Waals surface area contributed by atoms with Crippen molar-refractivity contribution in [3.63, 3.8) is 0 Å². The van der Waals surface area contributed by atoms with Crippen LogP contribution in [0, 0.1) is 0 Å². The van der Waals surface area contributed by atoms with Crippen LogP contribution in [-0.4, -0.2) is 39.6 Å². The van der Waals surface area contributed by atoms with Crippen LogP contribution in [-0.2, 0) is 25.8 Å². The van der Waals surface area contributed by atoms with E-state index in [-0.39, 0.29) is 16.5 Å². The number of anilines is 2. The summed E-state index contributed by atoms with van der Waals surface area (Å²) in [4.78, 5) is 25.8. The number of ether oxygens (including phenoxy) is 1. The summed E-state index contributed by atoms with van der Waals surface area (Å²) in [6.45, 7) is 1.78. The molecule has 3 rings (SSSR count). The summed E-state index contributed by atoms with van der Waals surface area (Å²) in [7, 11) is -2.61. The standard InChI is InChI=1S/C19H18BrClN2O5S/c1-11(24)23-6-5-12-7-13(20)8-17(19(12)23)29(26,27)10-18(25)22-15-9-14(21)3-4-16(15)28-2/h3-4,7-9H,5-6,10H2,1-2H3,(H,22,25). The lowest BCUT2D eigenvalue weighted by Gasteiger charge is -2.19. The number of benzene rings is 2. The van der Waals surface area contributed by atoms with Gasteiger partial charge in [0.05, 0.1) is 23.4 Å². The second-order valence-corrected chi connectivity index (χ2v) is 9.79. The molecule has 1 aliphatic heterocycles. The van der Waals surface area contributed by atoms with Crippen LogP contribution in [0.25, 0.3) is 0 Å². The van der Waals surface area contributed by atoms with E-state index in [2.05, 4.69) is 21.2 Å². The quantitative estimate of drug-likeness (QED) is 0.678. The molecule has 0 unspecified atom stereocenters. The fraction of sp³-hybridized carbons (Fsp3) is 0.263. The van der Waals surface area contributed by atoms with Crippen molar-refractivity contribution in [3.05, 3.63) is 45.4 Å². The first kappa shape index (κ1) is 21.6. The Bertz CT molecular complexity index is 1100. The van der Waals surface area contributed by atoms with Crippen molar-refractivity contribution in [1.29, 1.82) is 0 Å². The minimum atomic E-state index is -4.03. The molecule has 2 amide bonds. The first-order valence-corrected chi connectivity index (χ1v) is 11.4. The van der Waals surface area contributed by atoms with Gasteiger partial charge in [0.15, 0.2) is 9.84 Å². The van der Waals surface area contributed by atoms with E-state index in [0.29, 0.717) is 33.9 Å². The molecule has 0 saturated carbocycles. The molecule has 2 aromatic rings. The topological polar surface area (TPSA) is 92.8 Å². The van der Waals surface area contributed by atoms with Crippen LogP contribution in [0.1, 0.15) is 12.5 Å². The van der Waals surface area contributed by atoms with Crippen molar-refractivity contribution in [2.24, 2.45) is 0 Å². The predicted octanol–water partition coefficient (Wildman–Crippen LogP) is 3.43. The number of hydrogen-bond donors (Lipinski definition) is 1. The van der Waals surface area contributed by atoms with E-state index in [1.165, 1.54) is 31.1 Å². The second kappa shape index (κ2) is 8.33. The Morgan fingerprint density at radius 2 is 2.00 bits per heavy atom. The monoisotopic (exact) mass is 500 g/mol. The van der Waals surface area contributed by atoms with E-state index < -0.39 is 21.5 Å². The van der Waals surface area contributed by atoms with Gasteiger partial charge in [-0.1, -0.05) is 27.5 Å². The number of carbonyl (C=O) groups excluding carboxylic acids is 2. The van der Waals surface area contributed by atoms with Crippen LogP contribution in [0.15, 0.2) is 39.7 Å². The zero-order chi connectivity index (χ0) is 21.3. The molecule has 154 valence electrons. The Hall–Kier alpha value is -2.10. The first-order chi connectivity index (χ1) is 13.6. The van der Waals surface area contributed by atoms with Crippen molar-refractivity contribution in [3.8, 4) is 5.75 Å². The third-order valence-electron chi connectivity index (χ3n) is 4.47. The van der Waals surface area contributed by atoms with E-state index in [9.17, 15) is 18.0 Å². The highest BCUT2D eigenvalue weighted by Gasteiger charge is 2.32. The fourth-order valence-corrected chi connectivity index (χ4v) is 5.48. The Morgan fingerprint density at radius 1 is 1.28 bits per heavy atom. The van der Waals surface area contributed by atoms with Gasteiger partial charge in [0, 0.05) is 23.0 Å². The second-order valence-electron chi connectivity index (χ2n) is 6.48. The van der Waals surface area contributed by atoms with Crippen molar-refractivity contribution in [2.75, 3.05) is 29.6 Å². The lowest BCUT2D eigenvalue weighted by molar-refractivity contribution is -0.116. The molecule has 0 aromatic heterocycles. The zero-order valence-electron chi connectivity index (χ0n) is 15.7. The van der Waals surface area contributed by atoms with Crippen molar-refractivity contribution < 1.29 is 22.7 Å². The minimum absolute atomic E-state index is 0.0530. The molecular weight excluding hydrogens is 484 g/mol. The van der Waals surface area contributed by atoms with E-state index in [1.54, 1.807) is 18.2 Å². The zero-order valence-corrected chi connectivity index (χ0v) is 18.8. The summed E-state index contributed by atoms with van der Waals surface area (Å²) >= 11 is 9.26. The molecule has 10 heteroatoms. The summed E-state index contributed by atoms with van der Waals surface area (Å²) in [5.74, 6) is -1.44. The number of hydrogen-bond acceptors (Lipinski definition) is 5. The Morgan fingerprint density at radius 3 is 2.66 bits per heavy atom. The number of amides is 2. The summed E-state index contributed by atoms with van der Waals surface area (Å²) in [5, 5.41) is 2.89. The number of nitrogens with one attached hydrogen (secondary N) is 1. The number of methoxy groups -OCH3 is 1. The van der Waals surface area contributed by atoms with Crippen LogP contribution in [0.3, 0.4) is 0 Å².